The van der Waals surface area contributed by atoms with Gasteiger partial charge in [0, 0.05) is 12.1 Å². The van der Waals surface area contributed by atoms with Crippen molar-refractivity contribution in [2.75, 3.05) is 5.32 Å². The van der Waals surface area contributed by atoms with Gasteiger partial charge in [-0.3, -0.25) is 9.59 Å². The van der Waals surface area contributed by atoms with Gasteiger partial charge in [0.25, 0.3) is 5.56 Å². The van der Waals surface area contributed by atoms with Crippen LogP contribution < -0.4 is 10.9 Å². The van der Waals surface area contributed by atoms with Gasteiger partial charge in [0.05, 0.1) is 22.9 Å². The monoisotopic (exact) mass is 445 g/mol. The van der Waals surface area contributed by atoms with E-state index in [1.54, 1.807) is 37.3 Å². The van der Waals surface area contributed by atoms with Crippen LogP contribution in [0.4, 0.5) is 5.69 Å². The van der Waals surface area contributed by atoms with Crippen molar-refractivity contribution in [1.29, 1.82) is 0 Å². The number of benzene rings is 2. The lowest BCUT2D eigenvalue weighted by Gasteiger charge is -2.17. The Balaban J connectivity index is 1.49. The molecule has 8 nitrogen and oxygen atoms in total. The smallest absolute Gasteiger partial charge is 0.340 e. The molecule has 2 aromatic carbocycles. The molecule has 4 rings (SSSR count). The van der Waals surface area contributed by atoms with Crippen LogP contribution in [0.1, 0.15) is 46.6 Å². The third kappa shape index (κ3) is 4.85. The number of aromatic nitrogens is 2. The summed E-state index contributed by atoms with van der Waals surface area (Å²) in [6.45, 7) is 3.45. The molecule has 4 aromatic rings. The number of ether oxygens (including phenoxy) is 1. The standard InChI is InChI=1S/C25H23N3O5/c1-3-19(17-9-5-4-6-10-17)24(30)27-21-12-8-7-11-20(21)25(31)32-15-18-14-23(29)28-22(26-18)13-16(2)33-28/h4-14,19H,3,15H2,1-2H3,(H,27,30)/t19-/m1/s1. The molecule has 0 aliphatic carbocycles. The van der Waals surface area contributed by atoms with Crippen molar-refractivity contribution in [3.8, 4) is 0 Å². The molecule has 0 aliphatic rings. The molecule has 0 fully saturated rings. The third-order valence-corrected chi connectivity index (χ3v) is 5.21. The molecule has 8 heteroatoms. The molecule has 1 N–H and O–H groups in total. The number of anilines is 1. The van der Waals surface area contributed by atoms with Gasteiger partial charge >= 0.3 is 5.97 Å². The first-order chi connectivity index (χ1) is 16.0. The van der Waals surface area contributed by atoms with Crippen molar-refractivity contribution in [2.45, 2.75) is 32.8 Å². The fourth-order valence-corrected chi connectivity index (χ4v) is 3.61. The molecule has 1 atom stereocenters. The average molecular weight is 445 g/mol. The number of para-hydroxylation sites is 1. The van der Waals surface area contributed by atoms with Crippen LogP contribution in [-0.4, -0.2) is 21.4 Å². The van der Waals surface area contributed by atoms with Gasteiger partial charge in [0.15, 0.2) is 5.65 Å². The molecule has 0 spiro atoms. The van der Waals surface area contributed by atoms with Gasteiger partial charge in [-0.1, -0.05) is 49.4 Å². The summed E-state index contributed by atoms with van der Waals surface area (Å²) in [6, 6.07) is 19.0. The Bertz CT molecular complexity index is 1360. The number of nitrogens with zero attached hydrogens (tertiary/aromatic N) is 2. The van der Waals surface area contributed by atoms with Crippen LogP contribution in [0.15, 0.2) is 76.0 Å². The highest BCUT2D eigenvalue weighted by Crippen LogP contribution is 2.23. The normalized spacial score (nSPS) is 11.8. The molecule has 2 heterocycles. The minimum Gasteiger partial charge on any atom is -0.456 e. The Labute approximate surface area is 189 Å². The summed E-state index contributed by atoms with van der Waals surface area (Å²) in [6.07, 6.45) is 0.611. The zero-order valence-electron chi connectivity index (χ0n) is 18.3. The second-order valence-corrected chi connectivity index (χ2v) is 7.57. The number of aryl methyl sites for hydroxylation is 1. The van der Waals surface area contributed by atoms with E-state index in [4.69, 9.17) is 9.26 Å². The first-order valence-corrected chi connectivity index (χ1v) is 10.6. The van der Waals surface area contributed by atoms with E-state index in [1.807, 2.05) is 37.3 Å². The zero-order chi connectivity index (χ0) is 23.4. The highest BCUT2D eigenvalue weighted by Gasteiger charge is 2.21. The van der Waals surface area contributed by atoms with Crippen LogP contribution in [0.5, 0.6) is 0 Å². The maximum Gasteiger partial charge on any atom is 0.340 e. The number of hydrogen-bond donors (Lipinski definition) is 1. The molecule has 0 radical (unpaired) electrons. The Kier molecular flexibility index (Phi) is 6.35. The van der Waals surface area contributed by atoms with Crippen LogP contribution in [-0.2, 0) is 16.1 Å². The maximum absolute atomic E-state index is 12.9. The molecular formula is C25H23N3O5. The molecule has 0 unspecified atom stereocenters. The molecule has 1 amide bonds. The van der Waals surface area contributed by atoms with E-state index in [0.717, 1.165) is 10.1 Å². The minimum atomic E-state index is -0.635. The maximum atomic E-state index is 12.9. The van der Waals surface area contributed by atoms with Crippen molar-refractivity contribution >= 4 is 23.2 Å². The fourth-order valence-electron chi connectivity index (χ4n) is 3.61. The van der Waals surface area contributed by atoms with Gasteiger partial charge in [-0.05, 0) is 31.0 Å². The van der Waals surface area contributed by atoms with Crippen molar-refractivity contribution in [1.82, 2.24) is 9.56 Å². The number of carbonyl (C=O) groups excluding carboxylic acids is 2. The largest absolute Gasteiger partial charge is 0.456 e. The van der Waals surface area contributed by atoms with Crippen LogP contribution in [0.25, 0.3) is 5.65 Å². The van der Waals surface area contributed by atoms with E-state index >= 15 is 0 Å². The quantitative estimate of drug-likeness (QED) is 0.430. The second-order valence-electron chi connectivity index (χ2n) is 7.57. The van der Waals surface area contributed by atoms with Gasteiger partial charge in [-0.25, -0.2) is 9.78 Å². The average Bonchev–Trinajstić information content (AvgIpc) is 3.20. The van der Waals surface area contributed by atoms with E-state index < -0.39 is 11.5 Å². The van der Waals surface area contributed by atoms with Crippen LogP contribution in [0.2, 0.25) is 0 Å². The first-order valence-electron chi connectivity index (χ1n) is 10.6. The summed E-state index contributed by atoms with van der Waals surface area (Å²) >= 11 is 0. The number of esters is 1. The molecule has 0 saturated carbocycles. The Morgan fingerprint density at radius 1 is 1.09 bits per heavy atom. The number of nitrogens with one attached hydrogen (secondary N) is 1. The van der Waals surface area contributed by atoms with E-state index in [0.29, 0.717) is 29.2 Å². The molecule has 168 valence electrons. The fraction of sp³-hybridized carbons (Fsp3) is 0.200. The molecule has 0 aliphatic heterocycles. The van der Waals surface area contributed by atoms with Gasteiger partial charge in [-0.15, -0.1) is 4.57 Å². The Morgan fingerprint density at radius 2 is 1.82 bits per heavy atom. The molecule has 2 aromatic heterocycles. The Morgan fingerprint density at radius 3 is 2.58 bits per heavy atom. The molecular weight excluding hydrogens is 422 g/mol. The second kappa shape index (κ2) is 9.52. The minimum absolute atomic E-state index is 0.196. The summed E-state index contributed by atoms with van der Waals surface area (Å²) in [4.78, 5) is 42.2. The highest BCUT2D eigenvalue weighted by atomic mass is 16.5. The van der Waals surface area contributed by atoms with Gasteiger partial charge < -0.3 is 14.6 Å². The third-order valence-electron chi connectivity index (χ3n) is 5.21. The highest BCUT2D eigenvalue weighted by molar-refractivity contribution is 6.03. The van der Waals surface area contributed by atoms with E-state index in [9.17, 15) is 14.4 Å². The topological polar surface area (TPSA) is 103 Å². The lowest BCUT2D eigenvalue weighted by atomic mass is 9.95. The zero-order valence-corrected chi connectivity index (χ0v) is 18.3. The van der Waals surface area contributed by atoms with E-state index in [-0.39, 0.29) is 24.0 Å². The number of amides is 1. The number of carbonyl (C=O) groups is 2. The SMILES string of the molecule is CC[C@@H](C(=O)Nc1ccccc1C(=O)OCc1cc(=O)n2oc(C)cc2n1)c1ccccc1. The number of hydrogen-bond acceptors (Lipinski definition) is 6. The van der Waals surface area contributed by atoms with Gasteiger partial charge in [0.1, 0.15) is 12.4 Å². The van der Waals surface area contributed by atoms with Gasteiger partial charge in [0.2, 0.25) is 5.91 Å². The van der Waals surface area contributed by atoms with E-state index in [1.165, 1.54) is 6.07 Å². The van der Waals surface area contributed by atoms with Crippen LogP contribution in [0.3, 0.4) is 0 Å². The molecule has 33 heavy (non-hydrogen) atoms. The summed E-state index contributed by atoms with van der Waals surface area (Å²) in [5, 5.41) is 2.85. The van der Waals surface area contributed by atoms with Crippen LogP contribution >= 0.6 is 0 Å². The molecule has 0 saturated heterocycles. The summed E-state index contributed by atoms with van der Waals surface area (Å²) in [5.74, 6) is -0.652. The lowest BCUT2D eigenvalue weighted by Crippen LogP contribution is -2.22. The summed E-state index contributed by atoms with van der Waals surface area (Å²) in [7, 11) is 0. The van der Waals surface area contributed by atoms with E-state index in [2.05, 4.69) is 10.3 Å². The van der Waals surface area contributed by atoms with Crippen molar-refractivity contribution in [2.24, 2.45) is 0 Å². The van der Waals surface area contributed by atoms with Crippen molar-refractivity contribution < 1.29 is 18.8 Å². The van der Waals surface area contributed by atoms with Crippen molar-refractivity contribution in [3.63, 3.8) is 0 Å². The number of fused-ring (bicyclic) bond motifs is 1. The summed E-state index contributed by atoms with van der Waals surface area (Å²) < 4.78 is 11.7. The Hall–Kier alpha value is -4.20. The first kappa shape index (κ1) is 22.0. The summed E-state index contributed by atoms with van der Waals surface area (Å²) in [5.41, 5.74) is 1.70. The predicted octanol–water partition coefficient (Wildman–Crippen LogP) is 4.09. The van der Waals surface area contributed by atoms with Crippen molar-refractivity contribution in [3.05, 3.63) is 99.7 Å². The number of rotatable bonds is 7. The van der Waals surface area contributed by atoms with Crippen LogP contribution in [0, 0.1) is 6.92 Å². The molecule has 0 bridgehead atoms. The van der Waals surface area contributed by atoms with Gasteiger partial charge in [-0.2, -0.15) is 0 Å². The lowest BCUT2D eigenvalue weighted by molar-refractivity contribution is -0.117. The predicted molar refractivity (Wildman–Crippen MR) is 122 cm³/mol.